The molecule has 1 atom stereocenters. The van der Waals surface area contributed by atoms with Crippen LogP contribution in [0.2, 0.25) is 0 Å². The molecule has 0 radical (unpaired) electrons. The summed E-state index contributed by atoms with van der Waals surface area (Å²) in [6, 6.07) is 6.53. The third-order valence-corrected chi connectivity index (χ3v) is 6.55. The molecule has 1 aromatic rings. The maximum atomic E-state index is 13.9. The van der Waals surface area contributed by atoms with Gasteiger partial charge < -0.3 is 10.5 Å². The van der Waals surface area contributed by atoms with E-state index in [0.29, 0.717) is 11.9 Å². The van der Waals surface area contributed by atoms with Gasteiger partial charge in [-0.2, -0.15) is 0 Å². The first-order valence-electron chi connectivity index (χ1n) is 11.0. The van der Waals surface area contributed by atoms with Gasteiger partial charge in [0.2, 0.25) is 0 Å². The lowest BCUT2D eigenvalue weighted by Crippen LogP contribution is -2.50. The lowest BCUT2D eigenvalue weighted by Gasteiger charge is -2.39. The van der Waals surface area contributed by atoms with Gasteiger partial charge in [0.05, 0.1) is 6.10 Å². The van der Waals surface area contributed by atoms with E-state index in [0.717, 1.165) is 43.2 Å². The second-order valence-corrected chi connectivity index (χ2v) is 9.46. The summed E-state index contributed by atoms with van der Waals surface area (Å²) in [6.45, 7) is 10.5. The number of rotatable bonds is 6. The number of hydrogen-bond acceptors (Lipinski definition) is 4. The number of aliphatic imine (C=N–C) groups is 1. The van der Waals surface area contributed by atoms with Crippen LogP contribution in [0.15, 0.2) is 23.2 Å². The molecule has 1 heterocycles. The van der Waals surface area contributed by atoms with Crippen LogP contribution in [0.3, 0.4) is 0 Å². The summed E-state index contributed by atoms with van der Waals surface area (Å²) in [4.78, 5) is 20.6. The molecule has 1 unspecified atom stereocenters. The summed E-state index contributed by atoms with van der Waals surface area (Å²) in [5.74, 6) is 1.08. The summed E-state index contributed by atoms with van der Waals surface area (Å²) in [5, 5.41) is 0. The molecule has 1 aliphatic heterocycles. The highest BCUT2D eigenvalue weighted by molar-refractivity contribution is 6.07. The number of ether oxygens (including phenoxy) is 1. The number of carbonyl (C=O) groups excluding carboxylic acids is 1. The number of carbonyl (C=O) groups is 1. The maximum Gasteiger partial charge on any atom is 0.262 e. The first kappa shape index (κ1) is 21.8. The van der Waals surface area contributed by atoms with Gasteiger partial charge in [-0.3, -0.25) is 9.69 Å². The van der Waals surface area contributed by atoms with Crippen LogP contribution in [-0.4, -0.2) is 36.0 Å². The largest absolute Gasteiger partial charge is 0.381 e. The van der Waals surface area contributed by atoms with Gasteiger partial charge in [0.1, 0.15) is 0 Å². The highest BCUT2D eigenvalue weighted by Crippen LogP contribution is 2.48. The first-order chi connectivity index (χ1) is 13.7. The fraction of sp³-hybridized carbons (Fsp3) is 0.667. The van der Waals surface area contributed by atoms with Crippen molar-refractivity contribution in [3.05, 3.63) is 34.9 Å². The number of hydrogen-bond donors (Lipinski definition) is 1. The van der Waals surface area contributed by atoms with Gasteiger partial charge in [-0.15, -0.1) is 0 Å². The minimum Gasteiger partial charge on any atom is -0.381 e. The van der Waals surface area contributed by atoms with E-state index in [4.69, 9.17) is 15.5 Å². The zero-order valence-corrected chi connectivity index (χ0v) is 18.9. The van der Waals surface area contributed by atoms with Crippen molar-refractivity contribution in [2.24, 2.45) is 22.6 Å². The monoisotopic (exact) mass is 399 g/mol. The Hall–Kier alpha value is -1.88. The van der Waals surface area contributed by atoms with Crippen LogP contribution in [0.1, 0.15) is 70.1 Å². The standard InChI is InChI=1S/C24H37N3O2/c1-15(2)13-18-8-7-17(5)21(14-18)24(19-9-11-20(29-6)12-10-19)22(28)27(16(3)4)23(25)26-24/h7-8,14-16,19-20H,9-13H2,1-6H3,(H2,25,26). The van der Waals surface area contributed by atoms with Gasteiger partial charge in [-0.25, -0.2) is 4.99 Å². The summed E-state index contributed by atoms with van der Waals surface area (Å²) >= 11 is 0. The lowest BCUT2D eigenvalue weighted by molar-refractivity contribution is -0.135. The minimum atomic E-state index is -0.913. The second kappa shape index (κ2) is 8.47. The predicted molar refractivity (Wildman–Crippen MR) is 118 cm³/mol. The normalized spacial score (nSPS) is 27.8. The van der Waals surface area contributed by atoms with E-state index in [9.17, 15) is 4.79 Å². The molecule has 1 saturated carbocycles. The topological polar surface area (TPSA) is 67.9 Å². The van der Waals surface area contributed by atoms with Crippen molar-refractivity contribution in [3.63, 3.8) is 0 Å². The van der Waals surface area contributed by atoms with Crippen LogP contribution in [-0.2, 0) is 21.5 Å². The van der Waals surface area contributed by atoms with Gasteiger partial charge in [0, 0.05) is 13.2 Å². The highest BCUT2D eigenvalue weighted by atomic mass is 16.5. The molecule has 1 aromatic carbocycles. The molecular formula is C24H37N3O2. The smallest absolute Gasteiger partial charge is 0.262 e. The molecule has 5 nitrogen and oxygen atoms in total. The van der Waals surface area contributed by atoms with Gasteiger partial charge in [-0.1, -0.05) is 32.0 Å². The van der Waals surface area contributed by atoms with E-state index in [-0.39, 0.29) is 24.0 Å². The number of nitrogens with two attached hydrogens (primary N) is 1. The first-order valence-corrected chi connectivity index (χ1v) is 11.0. The highest BCUT2D eigenvalue weighted by Gasteiger charge is 2.55. The molecule has 3 rings (SSSR count). The van der Waals surface area contributed by atoms with E-state index in [1.165, 1.54) is 5.56 Å². The quantitative estimate of drug-likeness (QED) is 0.781. The number of aryl methyl sites for hydroxylation is 1. The molecule has 29 heavy (non-hydrogen) atoms. The fourth-order valence-electron chi connectivity index (χ4n) is 5.12. The molecule has 0 spiro atoms. The van der Waals surface area contributed by atoms with Crippen molar-refractivity contribution in [3.8, 4) is 0 Å². The molecule has 2 N–H and O–H groups in total. The van der Waals surface area contributed by atoms with Gasteiger partial charge in [0.25, 0.3) is 5.91 Å². The Balaban J connectivity index is 2.12. The molecule has 0 saturated heterocycles. The van der Waals surface area contributed by atoms with E-state index in [1.807, 2.05) is 13.8 Å². The Bertz CT molecular complexity index is 778. The van der Waals surface area contributed by atoms with E-state index >= 15 is 0 Å². The van der Waals surface area contributed by atoms with Crippen LogP contribution >= 0.6 is 0 Å². The molecule has 5 heteroatoms. The average Bonchev–Trinajstić information content (AvgIpc) is 2.94. The third kappa shape index (κ3) is 3.94. The zero-order chi connectivity index (χ0) is 21.3. The van der Waals surface area contributed by atoms with Gasteiger partial charge in [-0.05, 0) is 81.4 Å². The minimum absolute atomic E-state index is 0.0115. The summed E-state index contributed by atoms with van der Waals surface area (Å²) in [5.41, 5.74) is 8.84. The molecular weight excluding hydrogens is 362 g/mol. The van der Waals surface area contributed by atoms with E-state index in [1.54, 1.807) is 12.0 Å². The number of amides is 1. The lowest BCUT2D eigenvalue weighted by atomic mass is 9.69. The summed E-state index contributed by atoms with van der Waals surface area (Å²) in [7, 11) is 1.78. The van der Waals surface area contributed by atoms with Crippen molar-refractivity contribution in [2.45, 2.75) is 84.4 Å². The van der Waals surface area contributed by atoms with Crippen molar-refractivity contribution in [1.29, 1.82) is 0 Å². The second-order valence-electron chi connectivity index (χ2n) is 9.46. The van der Waals surface area contributed by atoms with E-state index < -0.39 is 5.54 Å². The summed E-state index contributed by atoms with van der Waals surface area (Å²) < 4.78 is 5.58. The molecule has 1 aliphatic carbocycles. The Kier molecular flexibility index (Phi) is 6.37. The SMILES string of the molecule is COC1CCC(C2(c3cc(CC(C)C)ccc3C)N=C(N)N(C(C)C)C2=O)CC1. The van der Waals surface area contributed by atoms with Crippen LogP contribution in [0.25, 0.3) is 0 Å². The molecule has 0 bridgehead atoms. The molecule has 1 fully saturated rings. The van der Waals surface area contributed by atoms with Gasteiger partial charge >= 0.3 is 0 Å². The number of benzene rings is 1. The van der Waals surface area contributed by atoms with Gasteiger partial charge in [0.15, 0.2) is 11.5 Å². The zero-order valence-electron chi connectivity index (χ0n) is 18.9. The van der Waals surface area contributed by atoms with Crippen LogP contribution in [0, 0.1) is 18.8 Å². The number of guanidine groups is 1. The van der Waals surface area contributed by atoms with E-state index in [2.05, 4.69) is 39.0 Å². The van der Waals surface area contributed by atoms with Crippen molar-refractivity contribution in [1.82, 2.24) is 4.90 Å². The Morgan fingerprint density at radius 1 is 1.21 bits per heavy atom. The van der Waals surface area contributed by atoms with Crippen LogP contribution in [0.4, 0.5) is 0 Å². The number of nitrogens with zero attached hydrogens (tertiary/aromatic N) is 2. The predicted octanol–water partition coefficient (Wildman–Crippen LogP) is 4.16. The van der Waals surface area contributed by atoms with Crippen LogP contribution in [0.5, 0.6) is 0 Å². The Morgan fingerprint density at radius 3 is 2.38 bits per heavy atom. The molecule has 2 aliphatic rings. The third-order valence-electron chi connectivity index (χ3n) is 6.55. The Morgan fingerprint density at radius 2 is 1.86 bits per heavy atom. The molecule has 0 aromatic heterocycles. The maximum absolute atomic E-state index is 13.9. The molecule has 160 valence electrons. The van der Waals surface area contributed by atoms with Crippen molar-refractivity contribution < 1.29 is 9.53 Å². The van der Waals surface area contributed by atoms with Crippen LogP contribution < -0.4 is 5.73 Å². The Labute approximate surface area is 175 Å². The fourth-order valence-corrected chi connectivity index (χ4v) is 5.12. The number of methoxy groups -OCH3 is 1. The van der Waals surface area contributed by atoms with Crippen molar-refractivity contribution >= 4 is 11.9 Å². The molecule has 1 amide bonds. The van der Waals surface area contributed by atoms with Crippen molar-refractivity contribution in [2.75, 3.05) is 7.11 Å². The summed E-state index contributed by atoms with van der Waals surface area (Å²) in [6.07, 6.45) is 5.01. The average molecular weight is 400 g/mol.